The van der Waals surface area contributed by atoms with Crippen LogP contribution in [0.15, 0.2) is 36.5 Å². The summed E-state index contributed by atoms with van der Waals surface area (Å²) in [5.74, 6) is 1.16. The van der Waals surface area contributed by atoms with Gasteiger partial charge < -0.3 is 9.47 Å². The smallest absolute Gasteiger partial charge is 0.413 e. The Morgan fingerprint density at radius 2 is 2.33 bits per heavy atom. The molecule has 0 aliphatic carbocycles. The second-order valence-electron chi connectivity index (χ2n) is 4.41. The molecule has 4 heteroatoms. The monoisotopic (exact) mass is 245 g/mol. The van der Waals surface area contributed by atoms with Crippen molar-refractivity contribution in [1.82, 2.24) is 4.90 Å². The zero-order chi connectivity index (χ0) is 12.5. The highest BCUT2D eigenvalue weighted by molar-refractivity contribution is 5.69. The van der Waals surface area contributed by atoms with E-state index in [1.54, 1.807) is 18.0 Å². The third-order valence-electron chi connectivity index (χ3n) is 3.31. The van der Waals surface area contributed by atoms with Crippen molar-refractivity contribution in [2.45, 2.75) is 18.9 Å². The lowest BCUT2D eigenvalue weighted by molar-refractivity contribution is 0.0990. The van der Waals surface area contributed by atoms with Gasteiger partial charge in [-0.1, -0.05) is 24.3 Å². The van der Waals surface area contributed by atoms with E-state index in [2.05, 4.69) is 6.07 Å². The number of fused-ring (bicyclic) bond motifs is 3. The summed E-state index contributed by atoms with van der Waals surface area (Å²) in [5.41, 5.74) is 1.20. The van der Waals surface area contributed by atoms with E-state index in [-0.39, 0.29) is 18.1 Å². The normalized spacial score (nSPS) is 24.2. The molecule has 0 fully saturated rings. The topological polar surface area (TPSA) is 38.8 Å². The molecule has 1 aromatic carbocycles. The van der Waals surface area contributed by atoms with Gasteiger partial charge in [0.05, 0.1) is 13.2 Å². The summed E-state index contributed by atoms with van der Waals surface area (Å²) in [5, 5.41) is 0. The van der Waals surface area contributed by atoms with Crippen LogP contribution in [0, 0.1) is 0 Å². The fraction of sp³-hybridized carbons (Fsp3) is 0.357. The van der Waals surface area contributed by atoms with E-state index in [0.717, 1.165) is 5.75 Å². The third kappa shape index (κ3) is 1.74. The first kappa shape index (κ1) is 11.1. The fourth-order valence-electron chi connectivity index (χ4n) is 2.47. The largest absolute Gasteiger partial charge is 0.487 e. The van der Waals surface area contributed by atoms with E-state index in [1.807, 2.05) is 24.3 Å². The van der Waals surface area contributed by atoms with E-state index >= 15 is 0 Å². The highest BCUT2D eigenvalue weighted by Gasteiger charge is 2.37. The van der Waals surface area contributed by atoms with E-state index in [1.165, 1.54) is 5.56 Å². The second kappa shape index (κ2) is 4.37. The molecule has 0 saturated heterocycles. The summed E-state index contributed by atoms with van der Waals surface area (Å²) < 4.78 is 10.9. The molecule has 0 bridgehead atoms. The first-order chi connectivity index (χ1) is 8.79. The number of benzene rings is 1. The fourth-order valence-corrected chi connectivity index (χ4v) is 2.47. The average Bonchev–Trinajstić information content (AvgIpc) is 2.76. The van der Waals surface area contributed by atoms with Gasteiger partial charge in [0.2, 0.25) is 0 Å². The molecule has 0 radical (unpaired) electrons. The van der Waals surface area contributed by atoms with Gasteiger partial charge in [0.15, 0.2) is 0 Å². The Morgan fingerprint density at radius 3 is 3.17 bits per heavy atom. The third-order valence-corrected chi connectivity index (χ3v) is 3.31. The van der Waals surface area contributed by atoms with Crippen LogP contribution in [0.3, 0.4) is 0 Å². The zero-order valence-corrected chi connectivity index (χ0v) is 10.2. The van der Waals surface area contributed by atoms with E-state index in [9.17, 15) is 4.79 Å². The molecule has 0 unspecified atom stereocenters. The van der Waals surface area contributed by atoms with Gasteiger partial charge in [0.25, 0.3) is 0 Å². The van der Waals surface area contributed by atoms with E-state index < -0.39 is 0 Å². The molecule has 0 spiro atoms. The van der Waals surface area contributed by atoms with Crippen molar-refractivity contribution in [2.75, 3.05) is 13.2 Å². The Hall–Kier alpha value is -1.97. The van der Waals surface area contributed by atoms with Crippen LogP contribution < -0.4 is 4.74 Å². The molecule has 4 nitrogen and oxygen atoms in total. The van der Waals surface area contributed by atoms with Crippen LogP contribution in [0.25, 0.3) is 0 Å². The number of para-hydroxylation sites is 1. The summed E-state index contributed by atoms with van der Waals surface area (Å²) >= 11 is 0. The number of nitrogens with zero attached hydrogens (tertiary/aromatic N) is 1. The van der Waals surface area contributed by atoms with Crippen molar-refractivity contribution in [3.63, 3.8) is 0 Å². The molecular formula is C14H15NO3. The van der Waals surface area contributed by atoms with Gasteiger partial charge in [0.1, 0.15) is 11.9 Å². The maximum absolute atomic E-state index is 11.7. The van der Waals surface area contributed by atoms with Crippen molar-refractivity contribution < 1.29 is 14.3 Å². The quantitative estimate of drug-likeness (QED) is 0.763. The number of amides is 1. The Labute approximate surface area is 106 Å². The van der Waals surface area contributed by atoms with Gasteiger partial charge in [0, 0.05) is 17.7 Å². The molecule has 2 atom stereocenters. The molecule has 0 saturated carbocycles. The van der Waals surface area contributed by atoms with Crippen LogP contribution in [0.2, 0.25) is 0 Å². The number of carbonyl (C=O) groups excluding carboxylic acids is 1. The minimum absolute atomic E-state index is 0.00296. The van der Waals surface area contributed by atoms with Gasteiger partial charge in [-0.05, 0) is 13.0 Å². The Balaban J connectivity index is 1.80. The van der Waals surface area contributed by atoms with Crippen LogP contribution >= 0.6 is 0 Å². The van der Waals surface area contributed by atoms with Crippen molar-refractivity contribution >= 4 is 6.09 Å². The standard InChI is InChI=1S/C14H15NO3/c1-2-17-14(16)15-8-7-11-10-5-3-4-6-12(10)18-13(11)9-15/h3-8,11,13H,2,9H2,1H3/t11-,13-/m0/s1. The second-order valence-corrected chi connectivity index (χ2v) is 4.41. The number of ether oxygens (including phenoxy) is 2. The average molecular weight is 245 g/mol. The molecule has 3 rings (SSSR count). The lowest BCUT2D eigenvalue weighted by Crippen LogP contribution is -2.40. The lowest BCUT2D eigenvalue weighted by Gasteiger charge is -2.28. The maximum atomic E-state index is 11.7. The van der Waals surface area contributed by atoms with Crippen molar-refractivity contribution in [2.24, 2.45) is 0 Å². The van der Waals surface area contributed by atoms with Gasteiger partial charge in [-0.3, -0.25) is 4.90 Å². The summed E-state index contributed by atoms with van der Waals surface area (Å²) in [7, 11) is 0. The molecule has 2 aliphatic rings. The maximum Gasteiger partial charge on any atom is 0.413 e. The number of hydrogen-bond acceptors (Lipinski definition) is 3. The molecule has 94 valence electrons. The molecule has 0 aromatic heterocycles. The molecule has 1 aromatic rings. The van der Waals surface area contributed by atoms with E-state index in [0.29, 0.717) is 13.2 Å². The van der Waals surface area contributed by atoms with Gasteiger partial charge in [-0.25, -0.2) is 4.79 Å². The molecule has 2 heterocycles. The molecular weight excluding hydrogens is 230 g/mol. The summed E-state index contributed by atoms with van der Waals surface area (Å²) in [6.07, 6.45) is 3.49. The van der Waals surface area contributed by atoms with Gasteiger partial charge in [-0.2, -0.15) is 0 Å². The minimum atomic E-state index is -0.313. The van der Waals surface area contributed by atoms with Crippen LogP contribution in [0.1, 0.15) is 18.4 Å². The van der Waals surface area contributed by atoms with Crippen molar-refractivity contribution in [1.29, 1.82) is 0 Å². The SMILES string of the molecule is CCOC(=O)N1C=C[C@H]2c3ccccc3O[C@H]2C1. The van der Waals surface area contributed by atoms with E-state index in [4.69, 9.17) is 9.47 Å². The summed E-state index contributed by atoms with van der Waals surface area (Å²) in [6, 6.07) is 8.01. The number of rotatable bonds is 1. The Kier molecular flexibility index (Phi) is 2.70. The van der Waals surface area contributed by atoms with Crippen molar-refractivity contribution in [3.05, 3.63) is 42.1 Å². The van der Waals surface area contributed by atoms with Gasteiger partial charge in [-0.15, -0.1) is 0 Å². The van der Waals surface area contributed by atoms with Crippen LogP contribution in [-0.2, 0) is 4.74 Å². The predicted octanol–water partition coefficient (Wildman–Crippen LogP) is 2.52. The molecule has 2 aliphatic heterocycles. The van der Waals surface area contributed by atoms with Crippen LogP contribution in [0.4, 0.5) is 4.79 Å². The summed E-state index contributed by atoms with van der Waals surface area (Å²) in [4.78, 5) is 13.2. The molecule has 1 amide bonds. The highest BCUT2D eigenvalue weighted by Crippen LogP contribution is 2.40. The van der Waals surface area contributed by atoms with Crippen LogP contribution in [-0.4, -0.2) is 30.2 Å². The predicted molar refractivity (Wildman–Crippen MR) is 66.5 cm³/mol. The zero-order valence-electron chi connectivity index (χ0n) is 10.2. The lowest BCUT2D eigenvalue weighted by atomic mass is 9.93. The minimum Gasteiger partial charge on any atom is -0.487 e. The Bertz CT molecular complexity index is 498. The number of hydrogen-bond donors (Lipinski definition) is 0. The number of carbonyl (C=O) groups is 1. The van der Waals surface area contributed by atoms with Crippen LogP contribution in [0.5, 0.6) is 5.75 Å². The molecule has 18 heavy (non-hydrogen) atoms. The first-order valence-electron chi connectivity index (χ1n) is 6.17. The van der Waals surface area contributed by atoms with Gasteiger partial charge >= 0.3 is 6.09 Å². The molecule has 0 N–H and O–H groups in total. The Morgan fingerprint density at radius 1 is 1.50 bits per heavy atom. The first-order valence-corrected chi connectivity index (χ1v) is 6.17. The highest BCUT2D eigenvalue weighted by atomic mass is 16.6. The van der Waals surface area contributed by atoms with Crippen molar-refractivity contribution in [3.8, 4) is 5.75 Å². The summed E-state index contributed by atoms with van der Waals surface area (Å²) in [6.45, 7) is 2.73.